The summed E-state index contributed by atoms with van der Waals surface area (Å²) in [6.45, 7) is 3.37. The van der Waals surface area contributed by atoms with Crippen molar-refractivity contribution in [2.75, 3.05) is 26.3 Å². The third-order valence-corrected chi connectivity index (χ3v) is 4.07. The third-order valence-electron chi connectivity index (χ3n) is 2.83. The molecule has 0 aromatic heterocycles. The van der Waals surface area contributed by atoms with E-state index in [0.717, 1.165) is 13.1 Å². The predicted octanol–water partition coefficient (Wildman–Crippen LogP) is 0.820. The van der Waals surface area contributed by atoms with Crippen LogP contribution in [0.5, 0.6) is 0 Å². The topological polar surface area (TPSA) is 72.6 Å². The van der Waals surface area contributed by atoms with E-state index in [9.17, 15) is 8.42 Å². The molecule has 1 aromatic carbocycles. The first-order valence-electron chi connectivity index (χ1n) is 5.58. The number of rotatable bonds is 3. The van der Waals surface area contributed by atoms with Crippen LogP contribution in [0, 0.1) is 0 Å². The lowest BCUT2D eigenvalue weighted by molar-refractivity contribution is 0.0338. The molecule has 2 N–H and O–H groups in total. The van der Waals surface area contributed by atoms with Gasteiger partial charge in [0.1, 0.15) is 0 Å². The minimum absolute atomic E-state index is 0.137. The molecule has 2 rings (SSSR count). The van der Waals surface area contributed by atoms with Gasteiger partial charge < -0.3 is 4.74 Å². The van der Waals surface area contributed by atoms with Crippen LogP contribution in [0.25, 0.3) is 0 Å². The summed E-state index contributed by atoms with van der Waals surface area (Å²) < 4.78 is 28.2. The molecule has 0 aliphatic carbocycles. The molecule has 7 heteroatoms. The molecule has 0 saturated carbocycles. The van der Waals surface area contributed by atoms with Crippen LogP contribution in [-0.4, -0.2) is 39.6 Å². The van der Waals surface area contributed by atoms with Gasteiger partial charge in [0, 0.05) is 24.7 Å². The van der Waals surface area contributed by atoms with E-state index < -0.39 is 10.0 Å². The van der Waals surface area contributed by atoms with Gasteiger partial charge >= 0.3 is 0 Å². The van der Waals surface area contributed by atoms with E-state index in [1.54, 1.807) is 6.07 Å². The van der Waals surface area contributed by atoms with Crippen molar-refractivity contribution in [1.82, 2.24) is 4.90 Å². The molecule has 0 bridgehead atoms. The van der Waals surface area contributed by atoms with Crippen LogP contribution in [0.15, 0.2) is 23.1 Å². The maximum absolute atomic E-state index is 11.5. The van der Waals surface area contributed by atoms with Gasteiger partial charge in [-0.3, -0.25) is 4.90 Å². The molecule has 0 unspecified atom stereocenters. The zero-order valence-corrected chi connectivity index (χ0v) is 11.4. The van der Waals surface area contributed by atoms with E-state index in [1.165, 1.54) is 12.1 Å². The molecular formula is C11H15ClN2O3S. The largest absolute Gasteiger partial charge is 0.379 e. The van der Waals surface area contributed by atoms with Gasteiger partial charge in [0.15, 0.2) is 0 Å². The fourth-order valence-electron chi connectivity index (χ4n) is 1.95. The summed E-state index contributed by atoms with van der Waals surface area (Å²) in [6, 6.07) is 4.63. The summed E-state index contributed by atoms with van der Waals surface area (Å²) in [4.78, 5) is 2.25. The van der Waals surface area contributed by atoms with Crippen LogP contribution in [0.3, 0.4) is 0 Å². The first-order valence-corrected chi connectivity index (χ1v) is 7.50. The Kier molecular flexibility index (Phi) is 4.24. The minimum atomic E-state index is -3.72. The normalized spacial score (nSPS) is 17.9. The maximum atomic E-state index is 11.5. The van der Waals surface area contributed by atoms with E-state index in [-0.39, 0.29) is 4.90 Å². The number of primary sulfonamides is 1. The fourth-order valence-corrected chi connectivity index (χ4v) is 2.89. The second kappa shape index (κ2) is 5.54. The predicted molar refractivity (Wildman–Crippen MR) is 68.9 cm³/mol. The lowest BCUT2D eigenvalue weighted by Gasteiger charge is -2.27. The average molecular weight is 291 g/mol. The summed E-state index contributed by atoms with van der Waals surface area (Å²) >= 11 is 5.91. The van der Waals surface area contributed by atoms with Gasteiger partial charge in [0.2, 0.25) is 10.0 Å². The number of halogens is 1. The van der Waals surface area contributed by atoms with Crippen LogP contribution in [0.4, 0.5) is 0 Å². The van der Waals surface area contributed by atoms with Crippen LogP contribution < -0.4 is 5.14 Å². The zero-order valence-electron chi connectivity index (χ0n) is 9.80. The number of benzene rings is 1. The second-order valence-electron chi connectivity index (χ2n) is 4.19. The van der Waals surface area contributed by atoms with Gasteiger partial charge in [-0.25, -0.2) is 13.6 Å². The number of sulfonamides is 1. The van der Waals surface area contributed by atoms with Crippen molar-refractivity contribution >= 4 is 21.6 Å². The van der Waals surface area contributed by atoms with Crippen LogP contribution >= 0.6 is 11.6 Å². The number of hydrogen-bond acceptors (Lipinski definition) is 4. The van der Waals surface area contributed by atoms with Crippen molar-refractivity contribution in [1.29, 1.82) is 0 Å². The molecular weight excluding hydrogens is 276 g/mol. The molecule has 18 heavy (non-hydrogen) atoms. The Hall–Kier alpha value is -0.660. The molecule has 100 valence electrons. The summed E-state index contributed by atoms with van der Waals surface area (Å²) in [7, 11) is -3.72. The van der Waals surface area contributed by atoms with Crippen molar-refractivity contribution in [3.63, 3.8) is 0 Å². The number of hydrogen-bond donors (Lipinski definition) is 1. The van der Waals surface area contributed by atoms with Gasteiger partial charge in [0.25, 0.3) is 0 Å². The Morgan fingerprint density at radius 1 is 1.33 bits per heavy atom. The summed E-state index contributed by atoms with van der Waals surface area (Å²) in [5, 5.41) is 5.70. The molecule has 0 atom stereocenters. The van der Waals surface area contributed by atoms with Gasteiger partial charge in [-0.1, -0.05) is 11.6 Å². The van der Waals surface area contributed by atoms with Crippen molar-refractivity contribution in [2.45, 2.75) is 11.4 Å². The smallest absolute Gasteiger partial charge is 0.238 e. The van der Waals surface area contributed by atoms with Crippen molar-refractivity contribution < 1.29 is 13.2 Å². The Morgan fingerprint density at radius 3 is 2.61 bits per heavy atom. The van der Waals surface area contributed by atoms with Crippen molar-refractivity contribution in [3.8, 4) is 0 Å². The lowest BCUT2D eigenvalue weighted by Crippen LogP contribution is -2.36. The molecule has 1 fully saturated rings. The second-order valence-corrected chi connectivity index (χ2v) is 6.15. The van der Waals surface area contributed by atoms with Gasteiger partial charge in [-0.15, -0.1) is 0 Å². The summed E-state index contributed by atoms with van der Waals surface area (Å²) in [6.07, 6.45) is 0. The Bertz CT molecular complexity index is 527. The molecule has 0 spiro atoms. The molecule has 0 amide bonds. The molecule has 1 aromatic rings. The molecule has 1 heterocycles. The lowest BCUT2D eigenvalue weighted by atomic mass is 10.2. The Morgan fingerprint density at radius 2 is 2.00 bits per heavy atom. The van der Waals surface area contributed by atoms with E-state index in [0.29, 0.717) is 30.3 Å². The molecule has 1 aliphatic rings. The first kappa shape index (κ1) is 13.8. The monoisotopic (exact) mass is 290 g/mol. The fraction of sp³-hybridized carbons (Fsp3) is 0.455. The summed E-state index contributed by atoms with van der Waals surface area (Å²) in [5.74, 6) is 0. The molecule has 0 radical (unpaired) electrons. The SMILES string of the molecule is NS(=O)(=O)c1ccc(Cl)cc1CN1CCOCC1. The standard InChI is InChI=1S/C11H15ClN2O3S/c12-10-1-2-11(18(13,15)16)9(7-10)8-14-3-5-17-6-4-14/h1-2,7H,3-6,8H2,(H2,13,15,16). The Balaban J connectivity index is 2.27. The van der Waals surface area contributed by atoms with Gasteiger partial charge in [0.05, 0.1) is 18.1 Å². The van der Waals surface area contributed by atoms with Crippen LogP contribution in [0.1, 0.15) is 5.56 Å². The molecule has 5 nitrogen and oxygen atoms in total. The highest BCUT2D eigenvalue weighted by Gasteiger charge is 2.18. The molecule has 1 aliphatic heterocycles. The van der Waals surface area contributed by atoms with E-state index in [2.05, 4.69) is 4.90 Å². The zero-order chi connectivity index (χ0) is 13.2. The van der Waals surface area contributed by atoms with Crippen LogP contribution in [-0.2, 0) is 21.3 Å². The van der Waals surface area contributed by atoms with Crippen molar-refractivity contribution in [3.05, 3.63) is 28.8 Å². The third kappa shape index (κ3) is 3.43. The van der Waals surface area contributed by atoms with Crippen LogP contribution in [0.2, 0.25) is 5.02 Å². The first-order chi connectivity index (χ1) is 8.47. The highest BCUT2D eigenvalue weighted by atomic mass is 35.5. The highest BCUT2D eigenvalue weighted by molar-refractivity contribution is 7.89. The quantitative estimate of drug-likeness (QED) is 0.894. The summed E-state index contributed by atoms with van der Waals surface area (Å²) in [5.41, 5.74) is 0.631. The average Bonchev–Trinajstić information content (AvgIpc) is 2.28. The minimum Gasteiger partial charge on any atom is -0.379 e. The van der Waals surface area contributed by atoms with E-state index in [1.807, 2.05) is 0 Å². The van der Waals surface area contributed by atoms with E-state index in [4.69, 9.17) is 21.5 Å². The maximum Gasteiger partial charge on any atom is 0.238 e. The molecule has 1 saturated heterocycles. The highest BCUT2D eigenvalue weighted by Crippen LogP contribution is 2.21. The number of morpholine rings is 1. The van der Waals surface area contributed by atoms with Gasteiger partial charge in [-0.05, 0) is 23.8 Å². The van der Waals surface area contributed by atoms with Gasteiger partial charge in [-0.2, -0.15) is 0 Å². The Labute approximate surface area is 112 Å². The number of ether oxygens (including phenoxy) is 1. The van der Waals surface area contributed by atoms with E-state index >= 15 is 0 Å². The van der Waals surface area contributed by atoms with Crippen molar-refractivity contribution in [2.24, 2.45) is 5.14 Å². The number of nitrogens with zero attached hydrogens (tertiary/aromatic N) is 1. The number of nitrogens with two attached hydrogens (primary N) is 1.